The Morgan fingerprint density at radius 1 is 1.50 bits per heavy atom. The van der Waals surface area contributed by atoms with E-state index in [9.17, 15) is 0 Å². The van der Waals surface area contributed by atoms with E-state index in [4.69, 9.17) is 10.00 Å². The lowest BCUT2D eigenvalue weighted by molar-refractivity contribution is 0.122. The highest BCUT2D eigenvalue weighted by molar-refractivity contribution is 9.10. The summed E-state index contributed by atoms with van der Waals surface area (Å²) in [6.45, 7) is 3.58. The number of rotatable bonds is 4. The molecule has 0 unspecified atom stereocenters. The van der Waals surface area contributed by atoms with Crippen LogP contribution in [0.15, 0.2) is 10.8 Å². The summed E-state index contributed by atoms with van der Waals surface area (Å²) in [5.74, 6) is 1.53. The molecule has 96 valence electrons. The molecule has 1 aromatic rings. The number of hydrogen-bond acceptors (Lipinski definition) is 6. The number of ether oxygens (including phenoxy) is 1. The third-order valence-electron chi connectivity index (χ3n) is 2.56. The Balaban J connectivity index is 2.14. The first-order valence-corrected chi connectivity index (χ1v) is 6.56. The minimum absolute atomic E-state index is 0.445. The van der Waals surface area contributed by atoms with Crippen LogP contribution < -0.4 is 10.2 Å². The molecule has 7 heteroatoms. The molecule has 0 atom stereocenters. The van der Waals surface area contributed by atoms with Crippen molar-refractivity contribution >= 4 is 27.6 Å². The molecule has 0 radical (unpaired) electrons. The topological polar surface area (TPSA) is 74.1 Å². The molecule has 0 aliphatic carbocycles. The van der Waals surface area contributed by atoms with Crippen molar-refractivity contribution in [2.45, 2.75) is 6.42 Å². The zero-order chi connectivity index (χ0) is 12.8. The normalized spacial score (nSPS) is 15.2. The van der Waals surface area contributed by atoms with Crippen LogP contribution in [0.1, 0.15) is 6.42 Å². The van der Waals surface area contributed by atoms with Crippen molar-refractivity contribution in [1.82, 2.24) is 9.97 Å². The van der Waals surface area contributed by atoms with Crippen molar-refractivity contribution in [2.24, 2.45) is 0 Å². The molecule has 0 aromatic carbocycles. The summed E-state index contributed by atoms with van der Waals surface area (Å²) < 4.78 is 6.03. The number of hydrogen-bond donors (Lipinski definition) is 1. The molecule has 18 heavy (non-hydrogen) atoms. The highest BCUT2D eigenvalue weighted by atomic mass is 79.9. The van der Waals surface area contributed by atoms with Gasteiger partial charge in [-0.05, 0) is 15.9 Å². The van der Waals surface area contributed by atoms with E-state index in [1.165, 1.54) is 0 Å². The van der Waals surface area contributed by atoms with Gasteiger partial charge in [-0.1, -0.05) is 0 Å². The quantitative estimate of drug-likeness (QED) is 0.847. The molecular formula is C11H14BrN5O. The number of nitrogens with zero attached hydrogens (tertiary/aromatic N) is 4. The Morgan fingerprint density at radius 3 is 3.00 bits per heavy atom. The van der Waals surface area contributed by atoms with Crippen molar-refractivity contribution in [3.05, 3.63) is 10.8 Å². The van der Waals surface area contributed by atoms with Gasteiger partial charge >= 0.3 is 0 Å². The van der Waals surface area contributed by atoms with E-state index >= 15 is 0 Å². The molecule has 0 amide bonds. The monoisotopic (exact) mass is 311 g/mol. The Labute approximate surface area is 114 Å². The van der Waals surface area contributed by atoms with Crippen LogP contribution in [0.2, 0.25) is 0 Å². The third kappa shape index (κ3) is 3.31. The molecule has 1 aliphatic rings. The number of anilines is 2. The molecule has 0 saturated carbocycles. The maximum atomic E-state index is 8.55. The van der Waals surface area contributed by atoms with Gasteiger partial charge in [-0.25, -0.2) is 9.97 Å². The molecule has 1 saturated heterocycles. The van der Waals surface area contributed by atoms with Gasteiger partial charge < -0.3 is 15.0 Å². The van der Waals surface area contributed by atoms with Crippen LogP contribution in [-0.4, -0.2) is 42.8 Å². The van der Waals surface area contributed by atoms with Crippen molar-refractivity contribution in [2.75, 3.05) is 43.1 Å². The van der Waals surface area contributed by atoms with Gasteiger partial charge in [0.15, 0.2) is 11.6 Å². The van der Waals surface area contributed by atoms with Gasteiger partial charge in [0.05, 0.1) is 31.9 Å². The predicted octanol–water partition coefficient (Wildman–Crippen LogP) is 1.40. The first kappa shape index (κ1) is 13.1. The van der Waals surface area contributed by atoms with E-state index in [0.29, 0.717) is 30.8 Å². The molecule has 1 fully saturated rings. The van der Waals surface area contributed by atoms with Crippen molar-refractivity contribution in [3.63, 3.8) is 0 Å². The van der Waals surface area contributed by atoms with Crippen molar-refractivity contribution < 1.29 is 4.74 Å². The summed E-state index contributed by atoms with van der Waals surface area (Å²) >= 11 is 3.33. The Kier molecular flexibility index (Phi) is 4.73. The minimum Gasteiger partial charge on any atom is -0.378 e. The highest BCUT2D eigenvalue weighted by Crippen LogP contribution is 2.23. The van der Waals surface area contributed by atoms with E-state index in [2.05, 4.69) is 42.2 Å². The van der Waals surface area contributed by atoms with Gasteiger partial charge in [-0.15, -0.1) is 0 Å². The molecule has 2 heterocycles. The fourth-order valence-corrected chi connectivity index (χ4v) is 1.99. The number of halogens is 1. The fraction of sp³-hybridized carbons (Fsp3) is 0.545. The van der Waals surface area contributed by atoms with Crippen LogP contribution in [0, 0.1) is 11.3 Å². The lowest BCUT2D eigenvalue weighted by Crippen LogP contribution is -2.37. The predicted molar refractivity (Wildman–Crippen MR) is 71.5 cm³/mol. The second-order valence-corrected chi connectivity index (χ2v) is 4.61. The summed E-state index contributed by atoms with van der Waals surface area (Å²) in [6, 6.07) is 2.09. The second kappa shape index (κ2) is 6.52. The maximum Gasteiger partial charge on any atom is 0.173 e. The van der Waals surface area contributed by atoms with Gasteiger partial charge in [0.1, 0.15) is 4.60 Å². The summed E-state index contributed by atoms with van der Waals surface area (Å²) in [4.78, 5) is 10.9. The summed E-state index contributed by atoms with van der Waals surface area (Å²) in [5, 5.41) is 11.7. The van der Waals surface area contributed by atoms with Gasteiger partial charge in [-0.2, -0.15) is 5.26 Å². The number of nitrogens with one attached hydrogen (secondary N) is 1. The Morgan fingerprint density at radius 2 is 2.28 bits per heavy atom. The van der Waals surface area contributed by atoms with Crippen LogP contribution in [-0.2, 0) is 4.74 Å². The molecule has 1 aromatic heterocycles. The molecular weight excluding hydrogens is 298 g/mol. The van der Waals surface area contributed by atoms with E-state index < -0.39 is 0 Å². The second-order valence-electron chi connectivity index (χ2n) is 3.80. The highest BCUT2D eigenvalue weighted by Gasteiger charge is 2.17. The molecule has 6 nitrogen and oxygen atoms in total. The first-order chi connectivity index (χ1) is 8.81. The SMILES string of the molecule is N#CCCNc1ncc(Br)nc1N1CCOCC1. The van der Waals surface area contributed by atoms with Crippen LogP contribution in [0.25, 0.3) is 0 Å². The van der Waals surface area contributed by atoms with Gasteiger partial charge in [-0.3, -0.25) is 0 Å². The largest absolute Gasteiger partial charge is 0.378 e. The molecule has 2 rings (SSSR count). The smallest absolute Gasteiger partial charge is 0.173 e. The van der Waals surface area contributed by atoms with Crippen molar-refractivity contribution in [3.8, 4) is 6.07 Å². The lowest BCUT2D eigenvalue weighted by Gasteiger charge is -2.29. The molecule has 0 bridgehead atoms. The number of aromatic nitrogens is 2. The van der Waals surface area contributed by atoms with Gasteiger partial charge in [0.25, 0.3) is 0 Å². The van der Waals surface area contributed by atoms with Gasteiger partial charge in [0, 0.05) is 19.6 Å². The zero-order valence-corrected chi connectivity index (χ0v) is 11.5. The molecule has 0 spiro atoms. The molecule has 1 N–H and O–H groups in total. The average Bonchev–Trinajstić information content (AvgIpc) is 2.41. The Bertz CT molecular complexity index is 442. The standard InChI is InChI=1S/C11H14BrN5O/c12-9-8-15-10(14-3-1-2-13)11(16-9)17-4-6-18-7-5-17/h8H,1,3-7H2,(H,14,15). The first-order valence-electron chi connectivity index (χ1n) is 5.77. The van der Waals surface area contributed by atoms with E-state index in [-0.39, 0.29) is 0 Å². The van der Waals surface area contributed by atoms with E-state index in [1.54, 1.807) is 6.20 Å². The molecule has 1 aliphatic heterocycles. The fourth-order valence-electron chi connectivity index (χ4n) is 1.72. The van der Waals surface area contributed by atoms with E-state index in [0.717, 1.165) is 24.7 Å². The van der Waals surface area contributed by atoms with Crippen LogP contribution in [0.5, 0.6) is 0 Å². The van der Waals surface area contributed by atoms with E-state index in [1.807, 2.05) is 0 Å². The lowest BCUT2D eigenvalue weighted by atomic mass is 10.4. The summed E-state index contributed by atoms with van der Waals surface area (Å²) in [7, 11) is 0. The third-order valence-corrected chi connectivity index (χ3v) is 2.95. The van der Waals surface area contributed by atoms with Crippen LogP contribution in [0.3, 0.4) is 0 Å². The number of morpholine rings is 1. The average molecular weight is 312 g/mol. The minimum atomic E-state index is 0.445. The number of nitriles is 1. The summed E-state index contributed by atoms with van der Waals surface area (Å²) in [6.07, 6.45) is 2.10. The zero-order valence-electron chi connectivity index (χ0n) is 9.90. The Hall–Kier alpha value is -1.39. The maximum absolute atomic E-state index is 8.55. The van der Waals surface area contributed by atoms with Crippen molar-refractivity contribution in [1.29, 1.82) is 5.26 Å². The summed E-state index contributed by atoms with van der Waals surface area (Å²) in [5.41, 5.74) is 0. The van der Waals surface area contributed by atoms with Crippen LogP contribution >= 0.6 is 15.9 Å². The van der Waals surface area contributed by atoms with Crippen LogP contribution in [0.4, 0.5) is 11.6 Å². The van der Waals surface area contributed by atoms with Gasteiger partial charge in [0.2, 0.25) is 0 Å².